The predicted molar refractivity (Wildman–Crippen MR) is 93.1 cm³/mol. The van der Waals surface area contributed by atoms with Gasteiger partial charge >= 0.3 is 0 Å². The lowest BCUT2D eigenvalue weighted by atomic mass is 9.83. The molecule has 1 aliphatic rings. The molecule has 0 radical (unpaired) electrons. The number of aliphatic hydroxyl groups is 1. The fourth-order valence-corrected chi connectivity index (χ4v) is 3.26. The zero-order valence-electron chi connectivity index (χ0n) is 14.2. The van der Waals surface area contributed by atoms with Gasteiger partial charge in [0.1, 0.15) is 18.0 Å². The topological polar surface area (TPSA) is 61.8 Å². The maximum atomic E-state index is 11.6. The molecule has 24 heavy (non-hydrogen) atoms. The first kappa shape index (κ1) is 16.5. The summed E-state index contributed by atoms with van der Waals surface area (Å²) in [6.45, 7) is 2.25. The number of nitrogens with one attached hydrogen (secondary N) is 1. The molecule has 1 unspecified atom stereocenters. The SMILES string of the molecule is CC(=O)Nc1ccc2c(c1)COc1ccccc1C2(O)CN(C)C. The average molecular weight is 326 g/mol. The molecule has 0 bridgehead atoms. The third-order valence-electron chi connectivity index (χ3n) is 4.13. The smallest absolute Gasteiger partial charge is 0.221 e. The van der Waals surface area contributed by atoms with Crippen molar-refractivity contribution in [2.75, 3.05) is 26.0 Å². The lowest BCUT2D eigenvalue weighted by Gasteiger charge is -2.32. The number of hydrogen-bond acceptors (Lipinski definition) is 4. The van der Waals surface area contributed by atoms with Gasteiger partial charge < -0.3 is 20.1 Å². The Morgan fingerprint density at radius 1 is 1.25 bits per heavy atom. The monoisotopic (exact) mass is 326 g/mol. The molecule has 0 saturated carbocycles. The Hall–Kier alpha value is -2.37. The summed E-state index contributed by atoms with van der Waals surface area (Å²) in [6, 6.07) is 13.1. The van der Waals surface area contributed by atoms with E-state index in [1.165, 1.54) is 6.92 Å². The van der Waals surface area contributed by atoms with Crippen molar-refractivity contribution in [1.82, 2.24) is 4.90 Å². The average Bonchev–Trinajstić information content (AvgIpc) is 2.62. The van der Waals surface area contributed by atoms with Gasteiger partial charge in [-0.15, -0.1) is 0 Å². The van der Waals surface area contributed by atoms with Gasteiger partial charge in [-0.3, -0.25) is 4.79 Å². The van der Waals surface area contributed by atoms with Crippen LogP contribution in [0.15, 0.2) is 42.5 Å². The molecule has 3 rings (SSSR count). The van der Waals surface area contributed by atoms with E-state index in [1.807, 2.05) is 61.5 Å². The van der Waals surface area contributed by atoms with Crippen molar-refractivity contribution >= 4 is 11.6 Å². The second-order valence-electron chi connectivity index (χ2n) is 6.44. The first-order chi connectivity index (χ1) is 11.4. The Morgan fingerprint density at radius 2 is 2.00 bits per heavy atom. The van der Waals surface area contributed by atoms with Gasteiger partial charge in [0.15, 0.2) is 0 Å². The molecule has 1 amide bonds. The summed E-state index contributed by atoms with van der Waals surface area (Å²) < 4.78 is 5.92. The van der Waals surface area contributed by atoms with Gasteiger partial charge in [-0.05, 0) is 43.4 Å². The second-order valence-corrected chi connectivity index (χ2v) is 6.44. The van der Waals surface area contributed by atoms with E-state index in [2.05, 4.69) is 5.32 Å². The van der Waals surface area contributed by atoms with Crippen LogP contribution in [0.25, 0.3) is 0 Å². The van der Waals surface area contributed by atoms with E-state index in [9.17, 15) is 9.90 Å². The Balaban J connectivity index is 2.15. The molecule has 5 nitrogen and oxygen atoms in total. The molecule has 2 N–H and O–H groups in total. The van der Waals surface area contributed by atoms with Crippen LogP contribution in [0.5, 0.6) is 5.75 Å². The van der Waals surface area contributed by atoms with Gasteiger partial charge in [-0.25, -0.2) is 0 Å². The van der Waals surface area contributed by atoms with Crippen molar-refractivity contribution in [3.05, 3.63) is 59.2 Å². The Morgan fingerprint density at radius 3 is 2.71 bits per heavy atom. The van der Waals surface area contributed by atoms with E-state index < -0.39 is 5.60 Å². The first-order valence-electron chi connectivity index (χ1n) is 7.90. The molecule has 2 aromatic carbocycles. The van der Waals surface area contributed by atoms with E-state index >= 15 is 0 Å². The van der Waals surface area contributed by atoms with Crippen molar-refractivity contribution in [3.8, 4) is 5.75 Å². The van der Waals surface area contributed by atoms with E-state index in [4.69, 9.17) is 4.74 Å². The van der Waals surface area contributed by atoms with Crippen LogP contribution in [0.2, 0.25) is 0 Å². The molecule has 0 aliphatic carbocycles. The number of nitrogens with zero attached hydrogens (tertiary/aromatic N) is 1. The summed E-state index contributed by atoms with van der Waals surface area (Å²) in [5, 5.41) is 14.4. The van der Waals surface area contributed by atoms with Crippen molar-refractivity contribution in [3.63, 3.8) is 0 Å². The van der Waals surface area contributed by atoms with Gasteiger partial charge in [-0.1, -0.05) is 24.3 Å². The zero-order valence-corrected chi connectivity index (χ0v) is 14.2. The number of fused-ring (bicyclic) bond motifs is 2. The van der Waals surface area contributed by atoms with E-state index in [-0.39, 0.29) is 5.91 Å². The molecule has 0 spiro atoms. The number of carbonyl (C=O) groups is 1. The maximum absolute atomic E-state index is 11.6. The molecular formula is C19H22N2O3. The van der Waals surface area contributed by atoms with E-state index in [1.54, 1.807) is 0 Å². The van der Waals surface area contributed by atoms with Crippen LogP contribution in [0.1, 0.15) is 23.6 Å². The van der Waals surface area contributed by atoms with E-state index in [0.717, 1.165) is 16.7 Å². The molecule has 0 saturated heterocycles. The van der Waals surface area contributed by atoms with Crippen LogP contribution in [0.3, 0.4) is 0 Å². The minimum Gasteiger partial charge on any atom is -0.488 e. The lowest BCUT2D eigenvalue weighted by Crippen LogP contribution is -2.39. The molecule has 1 aliphatic heterocycles. The lowest BCUT2D eigenvalue weighted by molar-refractivity contribution is -0.114. The molecule has 0 fully saturated rings. The quantitative estimate of drug-likeness (QED) is 0.909. The Kier molecular flexibility index (Phi) is 4.30. The standard InChI is InChI=1S/C19H22N2O3/c1-13(22)20-15-8-9-16-14(10-15)11-24-18-7-5-4-6-17(18)19(16,23)12-21(2)3/h4-10,23H,11-12H2,1-3H3,(H,20,22). The zero-order chi connectivity index (χ0) is 17.3. The highest BCUT2D eigenvalue weighted by Gasteiger charge is 2.38. The third-order valence-corrected chi connectivity index (χ3v) is 4.13. The number of benzene rings is 2. The highest BCUT2D eigenvalue weighted by molar-refractivity contribution is 5.88. The van der Waals surface area contributed by atoms with Gasteiger partial charge in [0, 0.05) is 24.7 Å². The molecule has 5 heteroatoms. The Labute approximate surface area is 141 Å². The summed E-state index contributed by atoms with van der Waals surface area (Å²) >= 11 is 0. The minimum absolute atomic E-state index is 0.128. The molecule has 1 heterocycles. The fraction of sp³-hybridized carbons (Fsp3) is 0.316. The number of carbonyl (C=O) groups excluding carboxylic acids is 1. The number of para-hydroxylation sites is 1. The number of hydrogen-bond donors (Lipinski definition) is 2. The third kappa shape index (κ3) is 3.00. The van der Waals surface area contributed by atoms with Crippen LogP contribution in [-0.2, 0) is 17.0 Å². The number of ether oxygens (including phenoxy) is 1. The highest BCUT2D eigenvalue weighted by Crippen LogP contribution is 2.41. The minimum atomic E-state index is -1.18. The highest BCUT2D eigenvalue weighted by atomic mass is 16.5. The van der Waals surface area contributed by atoms with Crippen molar-refractivity contribution in [1.29, 1.82) is 0 Å². The van der Waals surface area contributed by atoms with Crippen LogP contribution in [0.4, 0.5) is 5.69 Å². The van der Waals surface area contributed by atoms with Crippen LogP contribution in [-0.4, -0.2) is 36.6 Å². The number of likely N-dealkylation sites (N-methyl/N-ethyl adjacent to an activating group) is 1. The van der Waals surface area contributed by atoms with Crippen LogP contribution in [0, 0.1) is 0 Å². The molecular weight excluding hydrogens is 304 g/mol. The van der Waals surface area contributed by atoms with Gasteiger partial charge in [0.05, 0.1) is 0 Å². The number of anilines is 1. The fourth-order valence-electron chi connectivity index (χ4n) is 3.26. The Bertz CT molecular complexity index is 773. The van der Waals surface area contributed by atoms with Crippen LogP contribution >= 0.6 is 0 Å². The summed E-state index contributed by atoms with van der Waals surface area (Å²) in [5.41, 5.74) is 1.94. The van der Waals surface area contributed by atoms with Gasteiger partial charge in [0.25, 0.3) is 0 Å². The largest absolute Gasteiger partial charge is 0.488 e. The van der Waals surface area contributed by atoms with Crippen LogP contribution < -0.4 is 10.1 Å². The second kappa shape index (κ2) is 6.26. The summed E-state index contributed by atoms with van der Waals surface area (Å²) in [7, 11) is 3.86. The number of amides is 1. The molecule has 2 aromatic rings. The maximum Gasteiger partial charge on any atom is 0.221 e. The summed E-state index contributed by atoms with van der Waals surface area (Å²) in [6.07, 6.45) is 0. The first-order valence-corrected chi connectivity index (χ1v) is 7.90. The van der Waals surface area contributed by atoms with Crippen molar-refractivity contribution < 1.29 is 14.6 Å². The van der Waals surface area contributed by atoms with Crippen molar-refractivity contribution in [2.24, 2.45) is 0 Å². The number of rotatable bonds is 3. The van der Waals surface area contributed by atoms with Gasteiger partial charge in [0.2, 0.25) is 5.91 Å². The molecule has 1 atom stereocenters. The van der Waals surface area contributed by atoms with E-state index in [0.29, 0.717) is 24.6 Å². The molecule has 0 aromatic heterocycles. The predicted octanol–water partition coefficient (Wildman–Crippen LogP) is 2.33. The summed E-state index contributed by atoms with van der Waals surface area (Å²) in [5.74, 6) is 0.551. The summed E-state index contributed by atoms with van der Waals surface area (Å²) in [4.78, 5) is 13.3. The van der Waals surface area contributed by atoms with Crippen molar-refractivity contribution in [2.45, 2.75) is 19.1 Å². The molecule has 126 valence electrons. The normalized spacial score (nSPS) is 19.0. The van der Waals surface area contributed by atoms with Gasteiger partial charge in [-0.2, -0.15) is 0 Å².